The number of carbonyl (C=O) groups excluding carboxylic acids is 1. The van der Waals surface area contributed by atoms with E-state index in [4.69, 9.17) is 14.2 Å². The number of fused-ring (bicyclic) bond motifs is 1. The molecule has 8 nitrogen and oxygen atoms in total. The molecule has 1 amide bonds. The van der Waals surface area contributed by atoms with Crippen LogP contribution in [0.5, 0.6) is 11.5 Å². The lowest BCUT2D eigenvalue weighted by Gasteiger charge is -2.11. The Kier molecular flexibility index (Phi) is 6.90. The van der Waals surface area contributed by atoms with E-state index in [2.05, 4.69) is 15.5 Å². The van der Waals surface area contributed by atoms with Crippen LogP contribution in [-0.4, -0.2) is 37.1 Å². The van der Waals surface area contributed by atoms with Crippen LogP contribution in [0.1, 0.15) is 31.0 Å². The average Bonchev–Trinajstić information content (AvgIpc) is 2.76. The van der Waals surface area contributed by atoms with Crippen molar-refractivity contribution in [2.45, 2.75) is 26.2 Å². The van der Waals surface area contributed by atoms with E-state index in [1.807, 2.05) is 19.1 Å². The quantitative estimate of drug-likeness (QED) is 0.546. The van der Waals surface area contributed by atoms with Gasteiger partial charge < -0.3 is 14.2 Å². The number of nitrogens with one attached hydrogen (secondary N) is 2. The number of rotatable bonds is 8. The monoisotopic (exact) mass is 411 g/mol. The predicted octanol–water partition coefficient (Wildman–Crippen LogP) is 3.88. The Hall–Kier alpha value is -3.55. The van der Waals surface area contributed by atoms with Crippen molar-refractivity contribution in [1.82, 2.24) is 10.2 Å². The lowest BCUT2D eigenvalue weighted by molar-refractivity contribution is 0.160. The Labute approximate surface area is 174 Å². The van der Waals surface area contributed by atoms with Gasteiger partial charge in [-0.05, 0) is 36.2 Å². The summed E-state index contributed by atoms with van der Waals surface area (Å²) in [6, 6.07) is 10.8. The number of carbonyl (C=O) groups is 1. The van der Waals surface area contributed by atoms with Crippen molar-refractivity contribution in [1.29, 1.82) is 0 Å². The first-order chi connectivity index (χ1) is 14.5. The number of hydrogen-bond donors (Lipinski definition) is 2. The predicted molar refractivity (Wildman–Crippen MR) is 115 cm³/mol. The number of anilines is 1. The van der Waals surface area contributed by atoms with E-state index in [0.717, 1.165) is 18.4 Å². The van der Waals surface area contributed by atoms with Gasteiger partial charge in [0.05, 0.1) is 31.9 Å². The minimum Gasteiger partial charge on any atom is -0.493 e. The molecule has 0 saturated heterocycles. The van der Waals surface area contributed by atoms with Crippen LogP contribution in [0.25, 0.3) is 10.8 Å². The first kappa shape index (κ1) is 21.2. The van der Waals surface area contributed by atoms with E-state index >= 15 is 0 Å². The second-order valence-electron chi connectivity index (χ2n) is 6.74. The fourth-order valence-electron chi connectivity index (χ4n) is 3.04. The van der Waals surface area contributed by atoms with Crippen LogP contribution in [0.4, 0.5) is 10.5 Å². The molecule has 0 aliphatic rings. The number of benzene rings is 2. The van der Waals surface area contributed by atoms with E-state index in [9.17, 15) is 9.59 Å². The minimum absolute atomic E-state index is 0.296. The van der Waals surface area contributed by atoms with Gasteiger partial charge in [-0.15, -0.1) is 0 Å². The number of aromatic nitrogens is 2. The van der Waals surface area contributed by atoms with Gasteiger partial charge in [0.1, 0.15) is 0 Å². The highest BCUT2D eigenvalue weighted by atomic mass is 16.5. The molecule has 0 fully saturated rings. The van der Waals surface area contributed by atoms with Gasteiger partial charge in [0.25, 0.3) is 5.56 Å². The number of unbranched alkanes of at least 4 members (excludes halogenated alkanes) is 1. The van der Waals surface area contributed by atoms with E-state index in [1.165, 1.54) is 7.11 Å². The van der Waals surface area contributed by atoms with Crippen LogP contribution in [0.3, 0.4) is 0 Å². The third-order valence-corrected chi connectivity index (χ3v) is 4.67. The summed E-state index contributed by atoms with van der Waals surface area (Å²) in [7, 11) is 3.07. The van der Waals surface area contributed by atoms with Gasteiger partial charge in [0, 0.05) is 17.5 Å². The zero-order valence-corrected chi connectivity index (χ0v) is 17.3. The number of ether oxygens (including phenoxy) is 3. The van der Waals surface area contributed by atoms with Crippen molar-refractivity contribution in [2.75, 3.05) is 26.1 Å². The Bertz CT molecular complexity index is 1080. The molecule has 0 spiro atoms. The minimum atomic E-state index is -0.467. The average molecular weight is 411 g/mol. The maximum absolute atomic E-state index is 12.2. The molecule has 0 aliphatic carbocycles. The van der Waals surface area contributed by atoms with Gasteiger partial charge in [0.15, 0.2) is 11.5 Å². The van der Waals surface area contributed by atoms with Crippen molar-refractivity contribution in [2.24, 2.45) is 0 Å². The summed E-state index contributed by atoms with van der Waals surface area (Å²) in [5.41, 5.74) is 2.02. The Balaban J connectivity index is 1.80. The highest BCUT2D eigenvalue weighted by molar-refractivity contribution is 5.87. The molecule has 0 aliphatic heterocycles. The summed E-state index contributed by atoms with van der Waals surface area (Å²) >= 11 is 0. The van der Waals surface area contributed by atoms with Crippen molar-refractivity contribution < 1.29 is 19.0 Å². The Morgan fingerprint density at radius 3 is 2.37 bits per heavy atom. The third kappa shape index (κ3) is 4.89. The molecular formula is C22H25N3O5. The Morgan fingerprint density at radius 2 is 1.73 bits per heavy atom. The topological polar surface area (TPSA) is 103 Å². The molecule has 3 rings (SSSR count). The molecule has 8 heteroatoms. The Morgan fingerprint density at radius 1 is 1.07 bits per heavy atom. The normalized spacial score (nSPS) is 10.6. The largest absolute Gasteiger partial charge is 0.493 e. The molecule has 1 heterocycles. The number of nitrogens with zero attached hydrogens (tertiary/aromatic N) is 1. The van der Waals surface area contributed by atoms with Gasteiger partial charge in [-0.3, -0.25) is 10.1 Å². The standard InChI is InChI=1S/C22H25N3O5/c1-4-5-10-30-22(27)23-15-8-6-14(7-9-15)11-18-16-12-19(28-2)20(29-3)13-17(16)21(26)25-24-18/h6-9,12-13H,4-5,10-11H2,1-3H3,(H,23,27)(H,25,26). The molecule has 0 unspecified atom stereocenters. The fraction of sp³-hybridized carbons (Fsp3) is 0.318. The number of hydrogen-bond acceptors (Lipinski definition) is 6. The second-order valence-corrected chi connectivity index (χ2v) is 6.74. The molecule has 0 radical (unpaired) electrons. The number of H-pyrrole nitrogens is 1. The van der Waals surface area contributed by atoms with Crippen LogP contribution in [0, 0.1) is 0 Å². The van der Waals surface area contributed by atoms with Crippen LogP contribution < -0.4 is 20.3 Å². The summed E-state index contributed by atoms with van der Waals surface area (Å²) < 4.78 is 15.7. The molecule has 0 atom stereocenters. The maximum atomic E-state index is 12.2. The SMILES string of the molecule is CCCCOC(=O)Nc1ccc(Cc2n[nH]c(=O)c3cc(OC)c(OC)cc23)cc1. The van der Waals surface area contributed by atoms with E-state index in [1.54, 1.807) is 31.4 Å². The molecule has 2 aromatic carbocycles. The molecule has 3 aromatic rings. The first-order valence-corrected chi connectivity index (χ1v) is 9.71. The number of aromatic amines is 1. The van der Waals surface area contributed by atoms with Gasteiger partial charge in [-0.1, -0.05) is 25.5 Å². The van der Waals surface area contributed by atoms with E-state index in [0.29, 0.717) is 46.7 Å². The van der Waals surface area contributed by atoms with E-state index < -0.39 is 6.09 Å². The highest BCUT2D eigenvalue weighted by Crippen LogP contribution is 2.32. The van der Waals surface area contributed by atoms with Crippen LogP contribution in [0.2, 0.25) is 0 Å². The molecular weight excluding hydrogens is 386 g/mol. The van der Waals surface area contributed by atoms with Crippen molar-refractivity contribution in [3.8, 4) is 11.5 Å². The van der Waals surface area contributed by atoms with Gasteiger partial charge in [-0.25, -0.2) is 9.89 Å². The summed E-state index contributed by atoms with van der Waals surface area (Å²) in [6.45, 7) is 2.44. The second kappa shape index (κ2) is 9.78. The maximum Gasteiger partial charge on any atom is 0.411 e. The number of amides is 1. The summed E-state index contributed by atoms with van der Waals surface area (Å²) in [6.07, 6.45) is 1.83. The van der Waals surface area contributed by atoms with Crippen LogP contribution in [-0.2, 0) is 11.2 Å². The zero-order valence-electron chi connectivity index (χ0n) is 17.3. The smallest absolute Gasteiger partial charge is 0.411 e. The van der Waals surface area contributed by atoms with Crippen molar-refractivity contribution >= 4 is 22.6 Å². The van der Waals surface area contributed by atoms with Crippen LogP contribution in [0.15, 0.2) is 41.2 Å². The molecule has 158 valence electrons. The summed E-state index contributed by atoms with van der Waals surface area (Å²) in [5.74, 6) is 1.01. The fourth-order valence-corrected chi connectivity index (χ4v) is 3.04. The third-order valence-electron chi connectivity index (χ3n) is 4.67. The molecule has 0 bridgehead atoms. The molecule has 30 heavy (non-hydrogen) atoms. The van der Waals surface area contributed by atoms with Gasteiger partial charge >= 0.3 is 6.09 Å². The summed E-state index contributed by atoms with van der Waals surface area (Å²) in [4.78, 5) is 24.0. The van der Waals surface area contributed by atoms with Gasteiger partial charge in [-0.2, -0.15) is 5.10 Å². The first-order valence-electron chi connectivity index (χ1n) is 9.71. The molecule has 0 saturated carbocycles. The lowest BCUT2D eigenvalue weighted by Crippen LogP contribution is -2.14. The van der Waals surface area contributed by atoms with E-state index in [-0.39, 0.29) is 5.56 Å². The van der Waals surface area contributed by atoms with Crippen molar-refractivity contribution in [3.63, 3.8) is 0 Å². The van der Waals surface area contributed by atoms with Gasteiger partial charge in [0.2, 0.25) is 0 Å². The number of methoxy groups -OCH3 is 2. The zero-order chi connectivity index (χ0) is 21.5. The molecule has 2 N–H and O–H groups in total. The van der Waals surface area contributed by atoms with Crippen molar-refractivity contribution in [3.05, 3.63) is 58.0 Å². The summed E-state index contributed by atoms with van der Waals surface area (Å²) in [5, 5.41) is 10.6. The molecule has 1 aromatic heterocycles. The lowest BCUT2D eigenvalue weighted by atomic mass is 10.0. The highest BCUT2D eigenvalue weighted by Gasteiger charge is 2.13. The van der Waals surface area contributed by atoms with Crippen LogP contribution >= 0.6 is 0 Å².